The number of aliphatic hydroxyl groups is 1. The van der Waals surface area contributed by atoms with Gasteiger partial charge in [0.05, 0.1) is 37.5 Å². The summed E-state index contributed by atoms with van der Waals surface area (Å²) in [5.74, 6) is 0.828. The van der Waals surface area contributed by atoms with Gasteiger partial charge < -0.3 is 20.1 Å². The molecule has 18 heavy (non-hydrogen) atoms. The average Bonchev–Trinajstić information content (AvgIpc) is 2.88. The van der Waals surface area contributed by atoms with Gasteiger partial charge in [0.25, 0.3) is 0 Å². The fraction of sp³-hybridized carbons (Fsp3) is 0.308. The summed E-state index contributed by atoms with van der Waals surface area (Å²) in [5.41, 5.74) is 7.54. The highest BCUT2D eigenvalue weighted by atomic mass is 16.5. The molecule has 0 radical (unpaired) electrons. The lowest BCUT2D eigenvalue weighted by Gasteiger charge is -2.13. The molecule has 0 bridgehead atoms. The third-order valence-electron chi connectivity index (χ3n) is 2.67. The van der Waals surface area contributed by atoms with Crippen molar-refractivity contribution in [3.63, 3.8) is 0 Å². The molecule has 1 aromatic carbocycles. The Hall–Kier alpha value is -1.85. The molecular weight excluding hydrogens is 230 g/mol. The Kier molecular flexibility index (Phi) is 3.96. The molecule has 5 heteroatoms. The molecule has 1 aromatic heterocycles. The van der Waals surface area contributed by atoms with Crippen LogP contribution in [0.1, 0.15) is 18.7 Å². The molecule has 0 aliphatic carbocycles. The predicted molar refractivity (Wildman–Crippen MR) is 68.7 cm³/mol. The smallest absolute Gasteiger partial charge is 0.119 e. The first kappa shape index (κ1) is 12.6. The van der Waals surface area contributed by atoms with E-state index in [2.05, 4.69) is 4.98 Å². The van der Waals surface area contributed by atoms with Gasteiger partial charge >= 0.3 is 0 Å². The maximum atomic E-state index is 9.11. The summed E-state index contributed by atoms with van der Waals surface area (Å²) in [5, 5.41) is 9.11. The Morgan fingerprint density at radius 3 is 2.72 bits per heavy atom. The third-order valence-corrected chi connectivity index (χ3v) is 2.67. The van der Waals surface area contributed by atoms with E-state index in [4.69, 9.17) is 15.6 Å². The van der Waals surface area contributed by atoms with Gasteiger partial charge in [0.1, 0.15) is 5.75 Å². The fourth-order valence-electron chi connectivity index (χ4n) is 1.76. The van der Waals surface area contributed by atoms with E-state index in [1.165, 1.54) is 0 Å². The zero-order chi connectivity index (χ0) is 13.0. The van der Waals surface area contributed by atoms with Crippen LogP contribution in [0.25, 0.3) is 5.69 Å². The van der Waals surface area contributed by atoms with Crippen LogP contribution in [0, 0.1) is 0 Å². The normalized spacial score (nSPS) is 12.4. The van der Waals surface area contributed by atoms with Crippen molar-refractivity contribution in [2.24, 2.45) is 5.73 Å². The largest absolute Gasteiger partial charge is 0.494 e. The van der Waals surface area contributed by atoms with E-state index in [9.17, 15) is 0 Å². The molecule has 3 N–H and O–H groups in total. The molecule has 0 spiro atoms. The second-order valence-corrected chi connectivity index (χ2v) is 3.90. The van der Waals surface area contributed by atoms with E-state index in [1.807, 2.05) is 35.8 Å². The van der Waals surface area contributed by atoms with Crippen molar-refractivity contribution >= 4 is 0 Å². The average molecular weight is 247 g/mol. The number of imidazole rings is 1. The molecule has 1 heterocycles. The second-order valence-electron chi connectivity index (χ2n) is 3.90. The third kappa shape index (κ3) is 2.52. The number of rotatable bonds is 5. The van der Waals surface area contributed by atoms with Crippen molar-refractivity contribution < 1.29 is 9.84 Å². The SMILES string of the molecule is CCOc1ccc(-n2cncc2C(N)CO)cc1. The standard InChI is InChI=1S/C13H17N3O2/c1-2-18-11-5-3-10(4-6-11)16-9-15-7-13(16)12(14)8-17/h3-7,9,12,17H,2,8,14H2,1H3. The monoisotopic (exact) mass is 247 g/mol. The van der Waals surface area contributed by atoms with Gasteiger partial charge in [0.15, 0.2) is 0 Å². The fourth-order valence-corrected chi connectivity index (χ4v) is 1.76. The molecular formula is C13H17N3O2. The number of aliphatic hydroxyl groups excluding tert-OH is 1. The molecule has 0 aliphatic heterocycles. The molecule has 1 atom stereocenters. The van der Waals surface area contributed by atoms with Crippen LogP contribution in [0.2, 0.25) is 0 Å². The van der Waals surface area contributed by atoms with Gasteiger partial charge in [-0.05, 0) is 31.2 Å². The molecule has 0 aliphatic rings. The van der Waals surface area contributed by atoms with Crippen LogP contribution in [-0.2, 0) is 0 Å². The quantitative estimate of drug-likeness (QED) is 0.834. The van der Waals surface area contributed by atoms with Crippen LogP contribution < -0.4 is 10.5 Å². The second kappa shape index (κ2) is 5.66. The van der Waals surface area contributed by atoms with Crippen molar-refractivity contribution in [3.05, 3.63) is 42.5 Å². The van der Waals surface area contributed by atoms with Crippen LogP contribution in [0.3, 0.4) is 0 Å². The minimum atomic E-state index is -0.431. The first-order valence-corrected chi connectivity index (χ1v) is 5.88. The summed E-state index contributed by atoms with van der Waals surface area (Å²) < 4.78 is 7.25. The molecule has 1 unspecified atom stereocenters. The lowest BCUT2D eigenvalue weighted by molar-refractivity contribution is 0.265. The van der Waals surface area contributed by atoms with Gasteiger partial charge in [0, 0.05) is 5.69 Å². The molecule has 2 aromatic rings. The summed E-state index contributed by atoms with van der Waals surface area (Å²) in [4.78, 5) is 4.07. The Morgan fingerprint density at radius 2 is 2.11 bits per heavy atom. The van der Waals surface area contributed by atoms with Crippen molar-refractivity contribution in [2.45, 2.75) is 13.0 Å². The highest BCUT2D eigenvalue weighted by molar-refractivity contribution is 5.39. The van der Waals surface area contributed by atoms with Gasteiger partial charge in [0.2, 0.25) is 0 Å². The summed E-state index contributed by atoms with van der Waals surface area (Å²) >= 11 is 0. The van der Waals surface area contributed by atoms with Crippen LogP contribution in [-0.4, -0.2) is 27.9 Å². The molecule has 0 fully saturated rings. The highest BCUT2D eigenvalue weighted by Crippen LogP contribution is 2.19. The topological polar surface area (TPSA) is 73.3 Å². The number of hydrogen-bond acceptors (Lipinski definition) is 4. The van der Waals surface area contributed by atoms with Gasteiger partial charge in [-0.25, -0.2) is 4.98 Å². The summed E-state index contributed by atoms with van der Waals surface area (Å²) in [6, 6.07) is 7.22. The van der Waals surface area contributed by atoms with Crippen LogP contribution in [0.4, 0.5) is 0 Å². The summed E-state index contributed by atoms with van der Waals surface area (Å²) in [6.45, 7) is 2.48. The maximum absolute atomic E-state index is 9.11. The zero-order valence-electron chi connectivity index (χ0n) is 10.3. The number of hydrogen-bond donors (Lipinski definition) is 2. The Bertz CT molecular complexity index is 493. The number of benzene rings is 1. The van der Waals surface area contributed by atoms with E-state index in [0.717, 1.165) is 17.1 Å². The zero-order valence-corrected chi connectivity index (χ0v) is 10.3. The number of ether oxygens (including phenoxy) is 1. The van der Waals surface area contributed by atoms with Gasteiger partial charge in [-0.15, -0.1) is 0 Å². The van der Waals surface area contributed by atoms with E-state index >= 15 is 0 Å². The Morgan fingerprint density at radius 1 is 1.39 bits per heavy atom. The Labute approximate surface area is 106 Å². The van der Waals surface area contributed by atoms with E-state index in [-0.39, 0.29) is 6.61 Å². The van der Waals surface area contributed by atoms with Gasteiger partial charge in [-0.1, -0.05) is 0 Å². The highest BCUT2D eigenvalue weighted by Gasteiger charge is 2.11. The molecule has 96 valence electrons. The number of aromatic nitrogens is 2. The van der Waals surface area contributed by atoms with Crippen molar-refractivity contribution in [2.75, 3.05) is 13.2 Å². The lowest BCUT2D eigenvalue weighted by atomic mass is 10.2. The maximum Gasteiger partial charge on any atom is 0.119 e. The lowest BCUT2D eigenvalue weighted by Crippen LogP contribution is -2.18. The van der Waals surface area contributed by atoms with Gasteiger partial charge in [-0.2, -0.15) is 0 Å². The molecule has 0 amide bonds. The number of nitrogens with two attached hydrogens (primary N) is 1. The van der Waals surface area contributed by atoms with Gasteiger partial charge in [-0.3, -0.25) is 0 Å². The van der Waals surface area contributed by atoms with Crippen LogP contribution in [0.5, 0.6) is 5.75 Å². The van der Waals surface area contributed by atoms with Crippen LogP contribution in [0.15, 0.2) is 36.8 Å². The van der Waals surface area contributed by atoms with Crippen molar-refractivity contribution in [1.29, 1.82) is 0 Å². The minimum Gasteiger partial charge on any atom is -0.494 e. The van der Waals surface area contributed by atoms with E-state index in [0.29, 0.717) is 6.61 Å². The molecule has 2 rings (SSSR count). The molecule has 0 saturated carbocycles. The van der Waals surface area contributed by atoms with Crippen molar-refractivity contribution in [3.8, 4) is 11.4 Å². The van der Waals surface area contributed by atoms with E-state index in [1.54, 1.807) is 12.5 Å². The first-order valence-electron chi connectivity index (χ1n) is 5.88. The molecule has 0 saturated heterocycles. The first-order chi connectivity index (χ1) is 8.76. The van der Waals surface area contributed by atoms with E-state index < -0.39 is 6.04 Å². The van der Waals surface area contributed by atoms with Crippen molar-refractivity contribution in [1.82, 2.24) is 9.55 Å². The molecule has 5 nitrogen and oxygen atoms in total. The summed E-state index contributed by atoms with van der Waals surface area (Å²) in [6.07, 6.45) is 3.35. The summed E-state index contributed by atoms with van der Waals surface area (Å²) in [7, 11) is 0. The minimum absolute atomic E-state index is 0.108. The van der Waals surface area contributed by atoms with Crippen LogP contribution >= 0.6 is 0 Å². The number of nitrogens with zero attached hydrogens (tertiary/aromatic N) is 2. The predicted octanol–water partition coefficient (Wildman–Crippen LogP) is 1.26. The Balaban J connectivity index is 2.28.